The second-order valence-corrected chi connectivity index (χ2v) is 7.15. The molecule has 0 spiro atoms. The van der Waals surface area contributed by atoms with Crippen molar-refractivity contribution in [1.29, 1.82) is 0 Å². The molecular weight excluding hydrogens is 332 g/mol. The summed E-state index contributed by atoms with van der Waals surface area (Å²) < 4.78 is 0. The van der Waals surface area contributed by atoms with Crippen LogP contribution in [-0.4, -0.2) is 71.9 Å². The first-order valence-electron chi connectivity index (χ1n) is 9.30. The smallest absolute Gasteiger partial charge is 0.227 e. The Morgan fingerprint density at radius 1 is 1.12 bits per heavy atom. The van der Waals surface area contributed by atoms with E-state index in [2.05, 4.69) is 15.3 Å². The Labute approximate surface area is 154 Å². The average Bonchev–Trinajstić information content (AvgIpc) is 3.15. The molecule has 1 fully saturated rings. The summed E-state index contributed by atoms with van der Waals surface area (Å²) in [6.45, 7) is 5.09. The normalized spacial score (nSPS) is 16.4. The lowest BCUT2D eigenvalue weighted by atomic mass is 10.1. The molecule has 0 unspecified atom stereocenters. The van der Waals surface area contributed by atoms with Crippen LogP contribution in [0.25, 0.3) is 0 Å². The predicted octanol–water partition coefficient (Wildman–Crippen LogP) is 0.872. The maximum absolute atomic E-state index is 12.2. The molecule has 3 heterocycles. The summed E-state index contributed by atoms with van der Waals surface area (Å²) >= 11 is 0. The van der Waals surface area contributed by atoms with E-state index in [9.17, 15) is 9.59 Å². The van der Waals surface area contributed by atoms with Crippen molar-refractivity contribution in [3.63, 3.8) is 0 Å². The molecule has 2 amide bonds. The van der Waals surface area contributed by atoms with Gasteiger partial charge in [0.1, 0.15) is 5.82 Å². The van der Waals surface area contributed by atoms with E-state index >= 15 is 0 Å². The fraction of sp³-hybridized carbons (Fsp3) is 0.667. The third kappa shape index (κ3) is 4.05. The Balaban J connectivity index is 1.71. The van der Waals surface area contributed by atoms with Crippen LogP contribution in [0.3, 0.4) is 0 Å². The van der Waals surface area contributed by atoms with E-state index in [0.717, 1.165) is 49.4 Å². The molecular formula is C18H28N6O2. The number of nitrogens with one attached hydrogen (secondary N) is 1. The third-order valence-corrected chi connectivity index (χ3v) is 4.99. The van der Waals surface area contributed by atoms with Crippen molar-refractivity contribution < 1.29 is 9.59 Å². The van der Waals surface area contributed by atoms with E-state index in [1.807, 2.05) is 23.9 Å². The van der Waals surface area contributed by atoms with Crippen molar-refractivity contribution in [3.8, 4) is 0 Å². The lowest BCUT2D eigenvalue weighted by Crippen LogP contribution is -2.36. The van der Waals surface area contributed by atoms with Crippen LogP contribution in [0.2, 0.25) is 0 Å². The average molecular weight is 360 g/mol. The van der Waals surface area contributed by atoms with Crippen LogP contribution in [-0.2, 0) is 22.6 Å². The van der Waals surface area contributed by atoms with Gasteiger partial charge in [-0.25, -0.2) is 4.98 Å². The monoisotopic (exact) mass is 360 g/mol. The van der Waals surface area contributed by atoms with Gasteiger partial charge in [0, 0.05) is 59.2 Å². The van der Waals surface area contributed by atoms with Crippen LogP contribution < -0.4 is 10.2 Å². The summed E-state index contributed by atoms with van der Waals surface area (Å²) in [4.78, 5) is 38.8. The van der Waals surface area contributed by atoms with Gasteiger partial charge in [0.15, 0.2) is 0 Å². The molecule has 8 nitrogen and oxygen atoms in total. The number of amides is 2. The highest BCUT2D eigenvalue weighted by Gasteiger charge is 2.24. The first kappa shape index (κ1) is 18.4. The van der Waals surface area contributed by atoms with Crippen LogP contribution in [0, 0.1) is 0 Å². The maximum Gasteiger partial charge on any atom is 0.227 e. The van der Waals surface area contributed by atoms with E-state index < -0.39 is 0 Å². The molecule has 142 valence electrons. The van der Waals surface area contributed by atoms with E-state index in [1.54, 1.807) is 11.8 Å². The Morgan fingerprint density at radius 3 is 2.50 bits per heavy atom. The van der Waals surface area contributed by atoms with Crippen molar-refractivity contribution in [2.45, 2.75) is 39.2 Å². The van der Waals surface area contributed by atoms with Gasteiger partial charge in [0.05, 0.1) is 12.2 Å². The lowest BCUT2D eigenvalue weighted by molar-refractivity contribution is -0.130. The topological polar surface area (TPSA) is 81.7 Å². The molecule has 0 aromatic carbocycles. The highest BCUT2D eigenvalue weighted by Crippen LogP contribution is 2.26. The molecule has 0 atom stereocenters. The van der Waals surface area contributed by atoms with Gasteiger partial charge in [-0.3, -0.25) is 9.59 Å². The number of fused-ring (bicyclic) bond motifs is 1. The predicted molar refractivity (Wildman–Crippen MR) is 100 cm³/mol. The molecule has 0 radical (unpaired) electrons. The van der Waals surface area contributed by atoms with Gasteiger partial charge < -0.3 is 20.0 Å². The maximum atomic E-state index is 12.2. The SMILES string of the molecule is CC(=O)N1CCc2c(nc(N(C)C)nc2NCCC(=O)N2CCCC2)C1. The number of hydrogen-bond donors (Lipinski definition) is 1. The summed E-state index contributed by atoms with van der Waals surface area (Å²) in [7, 11) is 3.79. The molecule has 0 bridgehead atoms. The van der Waals surface area contributed by atoms with E-state index in [4.69, 9.17) is 0 Å². The molecule has 1 N–H and O–H groups in total. The molecule has 2 aliphatic heterocycles. The number of carbonyl (C=O) groups is 2. The molecule has 1 aromatic rings. The standard InChI is InChI=1S/C18H28N6O2/c1-13(25)24-11-7-14-15(12-24)20-18(22(2)3)21-17(14)19-8-6-16(26)23-9-4-5-10-23/h4-12H2,1-3H3,(H,19,20,21). The van der Waals surface area contributed by atoms with Crippen LogP contribution in [0.15, 0.2) is 0 Å². The van der Waals surface area contributed by atoms with E-state index in [-0.39, 0.29) is 11.8 Å². The first-order chi connectivity index (χ1) is 12.5. The van der Waals surface area contributed by atoms with Gasteiger partial charge >= 0.3 is 0 Å². The Morgan fingerprint density at radius 2 is 1.85 bits per heavy atom. The van der Waals surface area contributed by atoms with Gasteiger partial charge in [-0.1, -0.05) is 0 Å². The zero-order chi connectivity index (χ0) is 18.7. The van der Waals surface area contributed by atoms with E-state index in [1.165, 1.54) is 0 Å². The Bertz CT molecular complexity index is 685. The molecule has 0 aliphatic carbocycles. The summed E-state index contributed by atoms with van der Waals surface area (Å²) in [5, 5.41) is 3.34. The van der Waals surface area contributed by atoms with Crippen molar-refractivity contribution in [3.05, 3.63) is 11.3 Å². The molecule has 0 saturated carbocycles. The van der Waals surface area contributed by atoms with Crippen molar-refractivity contribution in [2.24, 2.45) is 0 Å². The minimum atomic E-state index is 0.0615. The summed E-state index contributed by atoms with van der Waals surface area (Å²) in [6, 6.07) is 0. The quantitative estimate of drug-likeness (QED) is 0.839. The minimum absolute atomic E-state index is 0.0615. The van der Waals surface area contributed by atoms with Crippen LogP contribution in [0.4, 0.5) is 11.8 Å². The van der Waals surface area contributed by atoms with Gasteiger partial charge in [-0.05, 0) is 19.3 Å². The van der Waals surface area contributed by atoms with Crippen LogP contribution in [0.5, 0.6) is 0 Å². The second-order valence-electron chi connectivity index (χ2n) is 7.15. The first-order valence-corrected chi connectivity index (χ1v) is 9.30. The molecule has 26 heavy (non-hydrogen) atoms. The van der Waals surface area contributed by atoms with Gasteiger partial charge in [-0.2, -0.15) is 4.98 Å². The van der Waals surface area contributed by atoms with E-state index in [0.29, 0.717) is 32.0 Å². The summed E-state index contributed by atoms with van der Waals surface area (Å²) in [5.41, 5.74) is 1.94. The number of aromatic nitrogens is 2. The lowest BCUT2D eigenvalue weighted by Gasteiger charge is -2.29. The highest BCUT2D eigenvalue weighted by atomic mass is 16.2. The number of hydrogen-bond acceptors (Lipinski definition) is 6. The Hall–Kier alpha value is -2.38. The van der Waals surface area contributed by atoms with Gasteiger partial charge in [-0.15, -0.1) is 0 Å². The fourth-order valence-electron chi connectivity index (χ4n) is 3.44. The fourth-order valence-corrected chi connectivity index (χ4v) is 3.44. The Kier molecular flexibility index (Phi) is 5.58. The highest BCUT2D eigenvalue weighted by molar-refractivity contribution is 5.77. The largest absolute Gasteiger partial charge is 0.369 e. The molecule has 1 aromatic heterocycles. The van der Waals surface area contributed by atoms with Crippen LogP contribution >= 0.6 is 0 Å². The molecule has 1 saturated heterocycles. The number of anilines is 2. The minimum Gasteiger partial charge on any atom is -0.369 e. The third-order valence-electron chi connectivity index (χ3n) is 4.99. The summed E-state index contributed by atoms with van der Waals surface area (Å²) in [5.74, 6) is 1.67. The molecule has 8 heteroatoms. The number of carbonyl (C=O) groups excluding carboxylic acids is 2. The molecule has 3 rings (SSSR count). The van der Waals surface area contributed by atoms with Crippen molar-refractivity contribution in [1.82, 2.24) is 19.8 Å². The van der Waals surface area contributed by atoms with Gasteiger partial charge in [0.25, 0.3) is 0 Å². The zero-order valence-corrected chi connectivity index (χ0v) is 15.9. The zero-order valence-electron chi connectivity index (χ0n) is 15.9. The number of rotatable bonds is 5. The number of likely N-dealkylation sites (tertiary alicyclic amines) is 1. The van der Waals surface area contributed by atoms with Crippen molar-refractivity contribution in [2.75, 3.05) is 50.5 Å². The van der Waals surface area contributed by atoms with Crippen molar-refractivity contribution >= 4 is 23.6 Å². The molecule has 2 aliphatic rings. The number of nitrogens with zero attached hydrogens (tertiary/aromatic N) is 5. The second kappa shape index (κ2) is 7.88. The van der Waals surface area contributed by atoms with Gasteiger partial charge in [0.2, 0.25) is 17.8 Å². The summed E-state index contributed by atoms with van der Waals surface area (Å²) in [6.07, 6.45) is 3.41. The van der Waals surface area contributed by atoms with Crippen LogP contribution in [0.1, 0.15) is 37.4 Å².